The van der Waals surface area contributed by atoms with Gasteiger partial charge in [-0.3, -0.25) is 25.7 Å². The fourth-order valence-corrected chi connectivity index (χ4v) is 4.57. The number of nitrogens with one attached hydrogen (secondary N) is 1. The molecule has 3 rings (SSSR count). The summed E-state index contributed by atoms with van der Waals surface area (Å²) in [4.78, 5) is 21.0. The fraction of sp³-hybridized carbons (Fsp3) is 0.650. The van der Waals surface area contributed by atoms with Crippen LogP contribution in [0.5, 0.6) is 0 Å². The van der Waals surface area contributed by atoms with Gasteiger partial charge in [-0.25, -0.2) is 0 Å². The van der Waals surface area contributed by atoms with E-state index in [-0.39, 0.29) is 17.1 Å². The Bertz CT molecular complexity index is 742. The predicted octanol–water partition coefficient (Wildman–Crippen LogP) is 5.82. The normalized spacial score (nSPS) is 23.0. The molecule has 152 valence electrons. The second-order valence-electron chi connectivity index (χ2n) is 7.89. The van der Waals surface area contributed by atoms with Crippen molar-refractivity contribution in [2.75, 3.05) is 5.43 Å². The van der Waals surface area contributed by atoms with Gasteiger partial charge in [0.1, 0.15) is 5.69 Å². The SMILES string of the molecule is O=[N+]([O-])c1ccc(NN=C2CCCCC2C2CCCCCCC2)c([N+](=O)[O-])c1. The van der Waals surface area contributed by atoms with Gasteiger partial charge in [0, 0.05) is 17.7 Å². The molecule has 2 saturated carbocycles. The third-order valence-electron chi connectivity index (χ3n) is 6.05. The van der Waals surface area contributed by atoms with E-state index in [0.717, 1.165) is 31.0 Å². The van der Waals surface area contributed by atoms with Crippen molar-refractivity contribution in [3.8, 4) is 0 Å². The summed E-state index contributed by atoms with van der Waals surface area (Å²) in [6, 6.07) is 3.62. The highest BCUT2D eigenvalue weighted by molar-refractivity contribution is 5.88. The molecule has 1 aromatic rings. The molecule has 1 N–H and O–H groups in total. The van der Waals surface area contributed by atoms with E-state index in [0.29, 0.717) is 11.8 Å². The highest BCUT2D eigenvalue weighted by Crippen LogP contribution is 2.36. The molecular formula is C20H28N4O4. The number of non-ortho nitro benzene ring substituents is 1. The molecular weight excluding hydrogens is 360 g/mol. The molecule has 1 aromatic carbocycles. The first-order valence-corrected chi connectivity index (χ1v) is 10.3. The average Bonchev–Trinajstić information content (AvgIpc) is 2.66. The summed E-state index contributed by atoms with van der Waals surface area (Å²) in [5.41, 5.74) is 3.53. The lowest BCUT2D eigenvalue weighted by atomic mass is 9.73. The molecule has 2 aliphatic rings. The van der Waals surface area contributed by atoms with Crippen LogP contribution in [0.15, 0.2) is 23.3 Å². The molecule has 2 fully saturated rings. The zero-order chi connectivity index (χ0) is 19.9. The van der Waals surface area contributed by atoms with E-state index in [1.807, 2.05) is 0 Å². The molecule has 0 amide bonds. The fourth-order valence-electron chi connectivity index (χ4n) is 4.57. The van der Waals surface area contributed by atoms with Crippen molar-refractivity contribution >= 4 is 22.8 Å². The average molecular weight is 388 g/mol. The minimum atomic E-state index is -0.630. The van der Waals surface area contributed by atoms with Crippen LogP contribution in [0.3, 0.4) is 0 Å². The molecule has 8 nitrogen and oxygen atoms in total. The third-order valence-corrected chi connectivity index (χ3v) is 6.05. The first kappa shape index (κ1) is 20.2. The van der Waals surface area contributed by atoms with E-state index in [4.69, 9.17) is 0 Å². The Morgan fingerprint density at radius 1 is 0.893 bits per heavy atom. The monoisotopic (exact) mass is 388 g/mol. The quantitative estimate of drug-likeness (QED) is 0.504. The van der Waals surface area contributed by atoms with E-state index in [1.54, 1.807) is 0 Å². The Kier molecular flexibility index (Phi) is 6.95. The van der Waals surface area contributed by atoms with Gasteiger partial charge in [-0.1, -0.05) is 38.5 Å². The van der Waals surface area contributed by atoms with Crippen LogP contribution in [0.1, 0.15) is 70.6 Å². The number of nitro benzene ring substituents is 2. The van der Waals surface area contributed by atoms with E-state index >= 15 is 0 Å². The zero-order valence-corrected chi connectivity index (χ0v) is 16.1. The second kappa shape index (κ2) is 9.61. The van der Waals surface area contributed by atoms with E-state index in [2.05, 4.69) is 10.5 Å². The van der Waals surface area contributed by atoms with Crippen LogP contribution in [0, 0.1) is 32.1 Å². The lowest BCUT2D eigenvalue weighted by Crippen LogP contribution is -2.28. The molecule has 28 heavy (non-hydrogen) atoms. The summed E-state index contributed by atoms with van der Waals surface area (Å²) in [6.07, 6.45) is 13.3. The number of nitrogens with zero attached hydrogens (tertiary/aromatic N) is 3. The minimum Gasteiger partial charge on any atom is -0.272 e. The maximum atomic E-state index is 11.3. The summed E-state index contributed by atoms with van der Waals surface area (Å²) in [7, 11) is 0. The summed E-state index contributed by atoms with van der Waals surface area (Å²) >= 11 is 0. The van der Waals surface area contributed by atoms with Gasteiger partial charge < -0.3 is 0 Å². The predicted molar refractivity (Wildman–Crippen MR) is 109 cm³/mol. The number of rotatable bonds is 5. The lowest BCUT2D eigenvalue weighted by molar-refractivity contribution is -0.393. The van der Waals surface area contributed by atoms with Crippen molar-refractivity contribution in [2.24, 2.45) is 16.9 Å². The first-order valence-electron chi connectivity index (χ1n) is 10.3. The molecule has 0 spiro atoms. The lowest BCUT2D eigenvalue weighted by Gasteiger charge is -2.32. The summed E-state index contributed by atoms with van der Waals surface area (Å²) < 4.78 is 0. The summed E-state index contributed by atoms with van der Waals surface area (Å²) in [5, 5.41) is 26.8. The molecule has 0 aliphatic heterocycles. The number of anilines is 1. The van der Waals surface area contributed by atoms with Crippen LogP contribution in [-0.4, -0.2) is 15.6 Å². The van der Waals surface area contributed by atoms with Gasteiger partial charge in [0.15, 0.2) is 0 Å². The van der Waals surface area contributed by atoms with Gasteiger partial charge in [0.25, 0.3) is 5.69 Å². The maximum absolute atomic E-state index is 11.3. The number of hydrazone groups is 1. The molecule has 8 heteroatoms. The number of benzene rings is 1. The van der Waals surface area contributed by atoms with Crippen molar-refractivity contribution in [2.45, 2.75) is 70.6 Å². The molecule has 0 heterocycles. The second-order valence-corrected chi connectivity index (χ2v) is 7.89. The smallest absolute Gasteiger partial charge is 0.272 e. The maximum Gasteiger partial charge on any atom is 0.301 e. The van der Waals surface area contributed by atoms with E-state index < -0.39 is 9.85 Å². The van der Waals surface area contributed by atoms with E-state index in [1.165, 1.54) is 63.5 Å². The van der Waals surface area contributed by atoms with Crippen LogP contribution in [0.2, 0.25) is 0 Å². The molecule has 1 atom stereocenters. The van der Waals surface area contributed by atoms with Gasteiger partial charge in [0.05, 0.1) is 15.9 Å². The van der Waals surface area contributed by atoms with Crippen molar-refractivity contribution in [1.29, 1.82) is 0 Å². The number of nitro groups is 2. The highest BCUT2D eigenvalue weighted by atomic mass is 16.6. The van der Waals surface area contributed by atoms with Crippen LogP contribution >= 0.6 is 0 Å². The summed E-state index contributed by atoms with van der Waals surface area (Å²) in [5.74, 6) is 1.09. The largest absolute Gasteiger partial charge is 0.301 e. The molecule has 1 unspecified atom stereocenters. The van der Waals surface area contributed by atoms with E-state index in [9.17, 15) is 20.2 Å². The van der Waals surface area contributed by atoms with Gasteiger partial charge in [-0.15, -0.1) is 0 Å². The number of hydrogen-bond donors (Lipinski definition) is 1. The molecule has 0 aromatic heterocycles. The Hall–Kier alpha value is -2.51. The van der Waals surface area contributed by atoms with Crippen LogP contribution < -0.4 is 5.43 Å². The van der Waals surface area contributed by atoms with Gasteiger partial charge >= 0.3 is 5.69 Å². The van der Waals surface area contributed by atoms with Crippen LogP contribution in [0.4, 0.5) is 17.1 Å². The topological polar surface area (TPSA) is 111 Å². The highest BCUT2D eigenvalue weighted by Gasteiger charge is 2.29. The molecule has 2 aliphatic carbocycles. The first-order chi connectivity index (χ1) is 13.6. The Morgan fingerprint density at radius 2 is 1.57 bits per heavy atom. The minimum absolute atomic E-state index is 0.199. The van der Waals surface area contributed by atoms with Gasteiger partial charge in [-0.05, 0) is 44.1 Å². The van der Waals surface area contributed by atoms with Gasteiger partial charge in [0.2, 0.25) is 0 Å². The zero-order valence-electron chi connectivity index (χ0n) is 16.1. The third kappa shape index (κ3) is 5.05. The van der Waals surface area contributed by atoms with Gasteiger partial charge in [-0.2, -0.15) is 5.10 Å². The molecule has 0 saturated heterocycles. The van der Waals surface area contributed by atoms with Crippen molar-refractivity contribution in [3.05, 3.63) is 38.4 Å². The Morgan fingerprint density at radius 3 is 2.25 bits per heavy atom. The molecule has 0 bridgehead atoms. The standard InChI is InChI=1S/C20H28N4O4/c25-23(26)16-12-13-19(20(14-16)24(27)28)22-21-18-11-7-6-10-17(18)15-8-4-2-1-3-5-9-15/h12-15,17,22H,1-11H2. The molecule has 0 radical (unpaired) electrons. The van der Waals surface area contributed by atoms with Crippen molar-refractivity contribution in [1.82, 2.24) is 0 Å². The Balaban J connectivity index is 1.79. The van der Waals surface area contributed by atoms with Crippen LogP contribution in [-0.2, 0) is 0 Å². The van der Waals surface area contributed by atoms with Crippen molar-refractivity contribution < 1.29 is 9.85 Å². The Labute approximate surface area is 164 Å². The van der Waals surface area contributed by atoms with Crippen LogP contribution in [0.25, 0.3) is 0 Å². The summed E-state index contributed by atoms with van der Waals surface area (Å²) in [6.45, 7) is 0. The van der Waals surface area contributed by atoms with Crippen molar-refractivity contribution in [3.63, 3.8) is 0 Å². The number of hydrogen-bond acceptors (Lipinski definition) is 6.